The average Bonchev–Trinajstić information content (AvgIpc) is 2.72. The summed E-state index contributed by atoms with van der Waals surface area (Å²) in [4.78, 5) is 36.9. The zero-order valence-electron chi connectivity index (χ0n) is 15.5. The van der Waals surface area contributed by atoms with Gasteiger partial charge in [0.2, 0.25) is 5.95 Å². The number of pyridine rings is 1. The van der Waals surface area contributed by atoms with Crippen molar-refractivity contribution in [2.75, 3.05) is 12.4 Å². The molecule has 1 aromatic carbocycles. The number of carbonyl (C=O) groups excluding carboxylic acids is 2. The number of aromatic nitrogens is 3. The van der Waals surface area contributed by atoms with Gasteiger partial charge in [0.05, 0.1) is 18.4 Å². The minimum Gasteiger partial charge on any atom is -0.465 e. The van der Waals surface area contributed by atoms with Crippen LogP contribution >= 0.6 is 0 Å². The van der Waals surface area contributed by atoms with Crippen LogP contribution in [0.25, 0.3) is 0 Å². The number of rotatable bonds is 6. The van der Waals surface area contributed by atoms with Crippen LogP contribution in [0.1, 0.15) is 32.1 Å². The van der Waals surface area contributed by atoms with Gasteiger partial charge in [-0.3, -0.25) is 9.78 Å². The molecular formula is C20H19N5O3. The minimum atomic E-state index is -0.480. The molecule has 2 aromatic heterocycles. The largest absolute Gasteiger partial charge is 0.465 e. The van der Waals surface area contributed by atoms with Gasteiger partial charge in [-0.15, -0.1) is 0 Å². The van der Waals surface area contributed by atoms with E-state index < -0.39 is 5.97 Å². The van der Waals surface area contributed by atoms with E-state index in [-0.39, 0.29) is 17.5 Å². The van der Waals surface area contributed by atoms with Gasteiger partial charge in [0.25, 0.3) is 5.91 Å². The summed E-state index contributed by atoms with van der Waals surface area (Å²) < 4.78 is 4.79. The number of hydrogen-bond acceptors (Lipinski definition) is 7. The van der Waals surface area contributed by atoms with Crippen LogP contribution in [0.3, 0.4) is 0 Å². The van der Waals surface area contributed by atoms with Crippen LogP contribution in [-0.2, 0) is 11.3 Å². The highest BCUT2D eigenvalue weighted by molar-refractivity contribution is 5.96. The molecule has 0 fully saturated rings. The van der Waals surface area contributed by atoms with Crippen LogP contribution in [0.2, 0.25) is 0 Å². The van der Waals surface area contributed by atoms with Gasteiger partial charge in [-0.1, -0.05) is 12.1 Å². The van der Waals surface area contributed by atoms with Gasteiger partial charge in [-0.2, -0.15) is 0 Å². The number of ether oxygens (including phenoxy) is 1. The van der Waals surface area contributed by atoms with Crippen LogP contribution in [0.5, 0.6) is 0 Å². The number of methoxy groups -OCH3 is 1. The first-order chi connectivity index (χ1) is 13.6. The number of benzene rings is 1. The molecule has 0 spiro atoms. The third-order valence-electron chi connectivity index (χ3n) is 3.87. The zero-order valence-corrected chi connectivity index (χ0v) is 15.5. The maximum atomic E-state index is 12.5. The van der Waals surface area contributed by atoms with Crippen molar-refractivity contribution in [2.24, 2.45) is 0 Å². The van der Waals surface area contributed by atoms with Crippen LogP contribution in [0, 0.1) is 6.92 Å². The van der Waals surface area contributed by atoms with E-state index in [1.807, 2.05) is 12.1 Å². The molecule has 1 amide bonds. The van der Waals surface area contributed by atoms with Gasteiger partial charge in [0, 0.05) is 24.6 Å². The fraction of sp³-hybridized carbons (Fsp3) is 0.150. The molecule has 0 radical (unpaired) electrons. The van der Waals surface area contributed by atoms with Gasteiger partial charge >= 0.3 is 5.97 Å². The second kappa shape index (κ2) is 8.72. The number of carbonyl (C=O) groups is 2. The lowest BCUT2D eigenvalue weighted by atomic mass is 10.2. The predicted molar refractivity (Wildman–Crippen MR) is 103 cm³/mol. The van der Waals surface area contributed by atoms with Crippen molar-refractivity contribution in [3.63, 3.8) is 0 Å². The summed E-state index contributed by atoms with van der Waals surface area (Å²) in [5, 5.41) is 5.80. The highest BCUT2D eigenvalue weighted by atomic mass is 16.5. The number of anilines is 2. The number of hydrogen-bond donors (Lipinski definition) is 2. The Morgan fingerprint density at radius 1 is 1.07 bits per heavy atom. The second-order valence-electron chi connectivity index (χ2n) is 5.92. The molecule has 0 aliphatic rings. The summed E-state index contributed by atoms with van der Waals surface area (Å²) in [6, 6.07) is 12.1. The molecule has 3 rings (SSSR count). The number of para-hydroxylation sites is 1. The lowest BCUT2D eigenvalue weighted by molar-refractivity contribution is 0.0601. The fourth-order valence-electron chi connectivity index (χ4n) is 2.51. The van der Waals surface area contributed by atoms with Gasteiger partial charge < -0.3 is 15.4 Å². The molecule has 0 aliphatic carbocycles. The maximum Gasteiger partial charge on any atom is 0.339 e. The van der Waals surface area contributed by atoms with E-state index in [2.05, 4.69) is 25.6 Å². The monoisotopic (exact) mass is 377 g/mol. The SMILES string of the molecule is COC(=O)c1ccccc1Nc1nc(C)cc(C(=O)NCc2ccncc2)n1. The molecule has 0 saturated carbocycles. The molecule has 28 heavy (non-hydrogen) atoms. The normalized spacial score (nSPS) is 10.2. The van der Waals surface area contributed by atoms with Crippen molar-refractivity contribution in [3.8, 4) is 0 Å². The molecule has 0 unspecified atom stereocenters. The van der Waals surface area contributed by atoms with E-state index in [1.54, 1.807) is 49.6 Å². The quantitative estimate of drug-likeness (QED) is 0.636. The first kappa shape index (κ1) is 19.0. The summed E-state index contributed by atoms with van der Waals surface area (Å²) in [7, 11) is 1.31. The molecule has 0 saturated heterocycles. The Morgan fingerprint density at radius 2 is 1.82 bits per heavy atom. The van der Waals surface area contributed by atoms with E-state index in [0.29, 0.717) is 23.5 Å². The molecule has 3 aromatic rings. The van der Waals surface area contributed by atoms with Crippen molar-refractivity contribution < 1.29 is 14.3 Å². The van der Waals surface area contributed by atoms with Crippen LogP contribution in [0.15, 0.2) is 54.9 Å². The standard InChI is InChI=1S/C20H19N5O3/c1-13-11-17(18(26)22-12-14-7-9-21-10-8-14)25-20(23-13)24-16-6-4-3-5-15(16)19(27)28-2/h3-11H,12H2,1-2H3,(H,22,26)(H,23,24,25). The molecule has 8 nitrogen and oxygen atoms in total. The van der Waals surface area contributed by atoms with E-state index in [1.165, 1.54) is 7.11 Å². The second-order valence-corrected chi connectivity index (χ2v) is 5.92. The van der Waals surface area contributed by atoms with Crippen molar-refractivity contribution in [3.05, 3.63) is 77.4 Å². The summed E-state index contributed by atoms with van der Waals surface area (Å²) in [6.45, 7) is 2.12. The average molecular weight is 377 g/mol. The van der Waals surface area contributed by atoms with E-state index >= 15 is 0 Å². The predicted octanol–water partition coefficient (Wildman–Crippen LogP) is 2.64. The number of amides is 1. The zero-order chi connectivity index (χ0) is 19.9. The van der Waals surface area contributed by atoms with Crippen molar-refractivity contribution in [1.29, 1.82) is 0 Å². The first-order valence-corrected chi connectivity index (χ1v) is 8.54. The van der Waals surface area contributed by atoms with Crippen molar-refractivity contribution in [1.82, 2.24) is 20.3 Å². The minimum absolute atomic E-state index is 0.213. The third kappa shape index (κ3) is 4.67. The first-order valence-electron chi connectivity index (χ1n) is 8.54. The van der Waals surface area contributed by atoms with Gasteiger partial charge in [-0.25, -0.2) is 14.8 Å². The third-order valence-corrected chi connectivity index (χ3v) is 3.87. The molecule has 2 N–H and O–H groups in total. The molecule has 8 heteroatoms. The number of nitrogens with zero attached hydrogens (tertiary/aromatic N) is 3. The smallest absolute Gasteiger partial charge is 0.339 e. The lowest BCUT2D eigenvalue weighted by Gasteiger charge is -2.11. The summed E-state index contributed by atoms with van der Waals surface area (Å²) in [6.07, 6.45) is 3.33. The molecular weight excluding hydrogens is 358 g/mol. The van der Waals surface area contributed by atoms with Crippen LogP contribution in [-0.4, -0.2) is 33.9 Å². The molecule has 0 aliphatic heterocycles. The Morgan fingerprint density at radius 3 is 2.57 bits per heavy atom. The van der Waals surface area contributed by atoms with Crippen LogP contribution in [0.4, 0.5) is 11.6 Å². The van der Waals surface area contributed by atoms with E-state index in [4.69, 9.17) is 4.74 Å². The summed E-state index contributed by atoms with van der Waals surface area (Å²) >= 11 is 0. The van der Waals surface area contributed by atoms with E-state index in [9.17, 15) is 9.59 Å². The Kier molecular flexibility index (Phi) is 5.91. The van der Waals surface area contributed by atoms with Gasteiger partial charge in [0.1, 0.15) is 5.69 Å². The van der Waals surface area contributed by atoms with Crippen molar-refractivity contribution in [2.45, 2.75) is 13.5 Å². The van der Waals surface area contributed by atoms with E-state index in [0.717, 1.165) is 5.56 Å². The van der Waals surface area contributed by atoms with Crippen molar-refractivity contribution >= 4 is 23.5 Å². The fourth-order valence-corrected chi connectivity index (χ4v) is 2.51. The number of nitrogens with one attached hydrogen (secondary N) is 2. The highest BCUT2D eigenvalue weighted by Crippen LogP contribution is 2.20. The van der Waals surface area contributed by atoms with Gasteiger partial charge in [-0.05, 0) is 42.8 Å². The Bertz CT molecular complexity index is 992. The summed E-state index contributed by atoms with van der Waals surface area (Å²) in [5.74, 6) is -0.594. The molecule has 0 atom stereocenters. The topological polar surface area (TPSA) is 106 Å². The maximum absolute atomic E-state index is 12.5. The summed E-state index contributed by atoms with van der Waals surface area (Å²) in [5.41, 5.74) is 2.60. The lowest BCUT2D eigenvalue weighted by Crippen LogP contribution is -2.24. The number of esters is 1. The Labute approximate surface area is 162 Å². The highest BCUT2D eigenvalue weighted by Gasteiger charge is 2.14. The number of aryl methyl sites for hydroxylation is 1. The van der Waals surface area contributed by atoms with Crippen LogP contribution < -0.4 is 10.6 Å². The van der Waals surface area contributed by atoms with Gasteiger partial charge in [0.15, 0.2) is 0 Å². The Balaban J connectivity index is 1.78. The molecule has 0 bridgehead atoms. The molecule has 142 valence electrons. The Hall–Kier alpha value is -3.81. The molecule has 2 heterocycles.